The molecule has 100 valence electrons. The van der Waals surface area contributed by atoms with Gasteiger partial charge in [-0.2, -0.15) is 5.10 Å². The van der Waals surface area contributed by atoms with Crippen LogP contribution in [0.1, 0.15) is 11.1 Å². The lowest BCUT2D eigenvalue weighted by molar-refractivity contribution is 0.686. The Morgan fingerprint density at radius 3 is 2.30 bits per heavy atom. The second kappa shape index (κ2) is 6.06. The van der Waals surface area contributed by atoms with E-state index in [1.165, 1.54) is 11.1 Å². The van der Waals surface area contributed by atoms with Gasteiger partial charge in [-0.15, -0.1) is 0 Å². The fourth-order valence-electron chi connectivity index (χ4n) is 2.11. The highest BCUT2D eigenvalue weighted by molar-refractivity contribution is 5.42. The van der Waals surface area contributed by atoms with E-state index in [1.807, 2.05) is 35.1 Å². The van der Waals surface area contributed by atoms with Crippen LogP contribution in [0.25, 0.3) is 0 Å². The maximum absolute atomic E-state index is 4.40. The SMILES string of the molecule is c1ccc(Cn2cc(CNc3ccccc3)cn2)cc1. The number of benzene rings is 2. The molecule has 0 aliphatic heterocycles. The fraction of sp³-hybridized carbons (Fsp3) is 0.118. The minimum Gasteiger partial charge on any atom is -0.381 e. The molecule has 20 heavy (non-hydrogen) atoms. The van der Waals surface area contributed by atoms with E-state index in [9.17, 15) is 0 Å². The van der Waals surface area contributed by atoms with Crippen molar-refractivity contribution in [1.82, 2.24) is 9.78 Å². The molecule has 2 aromatic carbocycles. The van der Waals surface area contributed by atoms with Gasteiger partial charge in [0.05, 0.1) is 12.7 Å². The molecular weight excluding hydrogens is 246 g/mol. The molecule has 0 unspecified atom stereocenters. The average molecular weight is 263 g/mol. The summed E-state index contributed by atoms with van der Waals surface area (Å²) in [6.45, 7) is 1.60. The van der Waals surface area contributed by atoms with Gasteiger partial charge in [0, 0.05) is 24.0 Å². The van der Waals surface area contributed by atoms with Crippen molar-refractivity contribution in [2.45, 2.75) is 13.1 Å². The summed E-state index contributed by atoms with van der Waals surface area (Å²) >= 11 is 0. The van der Waals surface area contributed by atoms with Gasteiger partial charge in [0.1, 0.15) is 0 Å². The first kappa shape index (κ1) is 12.5. The van der Waals surface area contributed by atoms with Crippen molar-refractivity contribution in [3.63, 3.8) is 0 Å². The van der Waals surface area contributed by atoms with Gasteiger partial charge in [-0.3, -0.25) is 4.68 Å². The first-order chi connectivity index (χ1) is 9.90. The van der Waals surface area contributed by atoms with Gasteiger partial charge >= 0.3 is 0 Å². The molecule has 0 aliphatic rings. The predicted molar refractivity (Wildman–Crippen MR) is 81.5 cm³/mol. The normalized spacial score (nSPS) is 10.4. The molecule has 0 bridgehead atoms. The number of nitrogens with one attached hydrogen (secondary N) is 1. The smallest absolute Gasteiger partial charge is 0.0659 e. The number of rotatable bonds is 5. The van der Waals surface area contributed by atoms with E-state index in [2.05, 4.69) is 53.0 Å². The van der Waals surface area contributed by atoms with Crippen molar-refractivity contribution < 1.29 is 0 Å². The van der Waals surface area contributed by atoms with E-state index in [1.54, 1.807) is 0 Å². The third-order valence-corrected chi connectivity index (χ3v) is 3.14. The zero-order valence-corrected chi connectivity index (χ0v) is 11.2. The van der Waals surface area contributed by atoms with Crippen molar-refractivity contribution in [2.24, 2.45) is 0 Å². The van der Waals surface area contributed by atoms with Crippen LogP contribution in [0.5, 0.6) is 0 Å². The molecule has 0 atom stereocenters. The maximum atomic E-state index is 4.40. The predicted octanol–water partition coefficient (Wildman–Crippen LogP) is 3.54. The third kappa shape index (κ3) is 3.26. The summed E-state index contributed by atoms with van der Waals surface area (Å²) in [5.74, 6) is 0. The van der Waals surface area contributed by atoms with Crippen LogP contribution in [0, 0.1) is 0 Å². The van der Waals surface area contributed by atoms with Gasteiger partial charge in [-0.25, -0.2) is 0 Å². The van der Waals surface area contributed by atoms with Crippen LogP contribution in [-0.4, -0.2) is 9.78 Å². The summed E-state index contributed by atoms with van der Waals surface area (Å²) in [6.07, 6.45) is 4.00. The van der Waals surface area contributed by atoms with E-state index >= 15 is 0 Å². The molecule has 3 rings (SSSR count). The summed E-state index contributed by atoms with van der Waals surface area (Å²) in [6, 6.07) is 20.6. The van der Waals surface area contributed by atoms with Gasteiger partial charge in [0.2, 0.25) is 0 Å². The number of hydrogen-bond donors (Lipinski definition) is 1. The van der Waals surface area contributed by atoms with E-state index < -0.39 is 0 Å². The van der Waals surface area contributed by atoms with E-state index in [-0.39, 0.29) is 0 Å². The van der Waals surface area contributed by atoms with Crippen LogP contribution in [0.4, 0.5) is 5.69 Å². The molecule has 1 heterocycles. The molecule has 0 radical (unpaired) electrons. The Hall–Kier alpha value is -2.55. The Labute approximate surface area is 118 Å². The van der Waals surface area contributed by atoms with Crippen LogP contribution in [-0.2, 0) is 13.1 Å². The third-order valence-electron chi connectivity index (χ3n) is 3.14. The zero-order chi connectivity index (χ0) is 13.6. The molecule has 3 heteroatoms. The topological polar surface area (TPSA) is 29.9 Å². The molecule has 0 aliphatic carbocycles. The zero-order valence-electron chi connectivity index (χ0n) is 11.2. The number of nitrogens with zero attached hydrogens (tertiary/aromatic N) is 2. The quantitative estimate of drug-likeness (QED) is 0.763. The molecule has 0 saturated carbocycles. The Morgan fingerprint density at radius 1 is 0.850 bits per heavy atom. The van der Waals surface area contributed by atoms with Crippen molar-refractivity contribution in [3.8, 4) is 0 Å². The summed E-state index contributed by atoms with van der Waals surface area (Å²) in [4.78, 5) is 0. The van der Waals surface area contributed by atoms with E-state index in [0.717, 1.165) is 18.8 Å². The van der Waals surface area contributed by atoms with Crippen LogP contribution in [0.3, 0.4) is 0 Å². The molecule has 0 spiro atoms. The summed E-state index contributed by atoms with van der Waals surface area (Å²) in [7, 11) is 0. The van der Waals surface area contributed by atoms with Gasteiger partial charge in [0.15, 0.2) is 0 Å². The van der Waals surface area contributed by atoms with E-state index in [0.29, 0.717) is 0 Å². The van der Waals surface area contributed by atoms with Crippen LogP contribution in [0.15, 0.2) is 73.1 Å². The van der Waals surface area contributed by atoms with Gasteiger partial charge in [-0.1, -0.05) is 48.5 Å². The van der Waals surface area contributed by atoms with Crippen molar-refractivity contribution >= 4 is 5.69 Å². The largest absolute Gasteiger partial charge is 0.381 e. The molecule has 3 aromatic rings. The lowest BCUT2D eigenvalue weighted by atomic mass is 10.2. The van der Waals surface area contributed by atoms with E-state index in [4.69, 9.17) is 0 Å². The minimum absolute atomic E-state index is 0.790. The lowest BCUT2D eigenvalue weighted by Crippen LogP contribution is -2.00. The number of para-hydroxylation sites is 1. The van der Waals surface area contributed by atoms with Crippen LogP contribution >= 0.6 is 0 Å². The summed E-state index contributed by atoms with van der Waals surface area (Å²) < 4.78 is 1.97. The number of aromatic nitrogens is 2. The summed E-state index contributed by atoms with van der Waals surface area (Å²) in [5.41, 5.74) is 3.58. The average Bonchev–Trinajstić information content (AvgIpc) is 2.95. The highest BCUT2D eigenvalue weighted by Crippen LogP contribution is 2.09. The van der Waals surface area contributed by atoms with Crippen molar-refractivity contribution in [2.75, 3.05) is 5.32 Å². The standard InChI is InChI=1S/C17H17N3/c1-3-7-15(8-4-1)13-20-14-16(12-19-20)11-18-17-9-5-2-6-10-17/h1-10,12,14,18H,11,13H2. The lowest BCUT2D eigenvalue weighted by Gasteiger charge is -2.03. The highest BCUT2D eigenvalue weighted by atomic mass is 15.3. The molecule has 1 N–H and O–H groups in total. The molecule has 1 aromatic heterocycles. The highest BCUT2D eigenvalue weighted by Gasteiger charge is 1.99. The molecular formula is C17H17N3. The Bertz CT molecular complexity index is 644. The fourth-order valence-corrected chi connectivity index (χ4v) is 2.11. The first-order valence-corrected chi connectivity index (χ1v) is 6.74. The second-order valence-electron chi connectivity index (χ2n) is 4.75. The van der Waals surface area contributed by atoms with Gasteiger partial charge in [-0.05, 0) is 17.7 Å². The van der Waals surface area contributed by atoms with Crippen LogP contribution in [0.2, 0.25) is 0 Å². The maximum Gasteiger partial charge on any atom is 0.0659 e. The first-order valence-electron chi connectivity index (χ1n) is 6.74. The minimum atomic E-state index is 0.790. The monoisotopic (exact) mass is 263 g/mol. The Balaban J connectivity index is 1.60. The van der Waals surface area contributed by atoms with Crippen molar-refractivity contribution in [1.29, 1.82) is 0 Å². The van der Waals surface area contributed by atoms with Gasteiger partial charge < -0.3 is 5.32 Å². The van der Waals surface area contributed by atoms with Crippen molar-refractivity contribution in [3.05, 3.63) is 84.2 Å². The molecule has 0 amide bonds. The van der Waals surface area contributed by atoms with Crippen LogP contribution < -0.4 is 5.32 Å². The Kier molecular flexibility index (Phi) is 3.78. The second-order valence-corrected chi connectivity index (χ2v) is 4.75. The molecule has 3 nitrogen and oxygen atoms in total. The van der Waals surface area contributed by atoms with Gasteiger partial charge in [0.25, 0.3) is 0 Å². The summed E-state index contributed by atoms with van der Waals surface area (Å²) in [5, 5.41) is 7.79. The Morgan fingerprint density at radius 2 is 1.55 bits per heavy atom. The number of hydrogen-bond acceptors (Lipinski definition) is 2. The molecule has 0 saturated heterocycles. The molecule has 0 fully saturated rings. The number of anilines is 1.